The molecule has 5 nitrogen and oxygen atoms in total. The number of aryl methyl sites for hydroxylation is 1. The Morgan fingerprint density at radius 1 is 1.19 bits per heavy atom. The number of hydrogen-bond acceptors (Lipinski definition) is 4. The van der Waals surface area contributed by atoms with E-state index < -0.39 is 16.0 Å². The highest BCUT2D eigenvalue weighted by molar-refractivity contribution is 7.87. The van der Waals surface area contributed by atoms with Gasteiger partial charge in [-0.15, -0.1) is 0 Å². The van der Waals surface area contributed by atoms with Gasteiger partial charge in [0.25, 0.3) is 5.91 Å². The Kier molecular flexibility index (Phi) is 4.20. The average Bonchev–Trinajstić information content (AvgIpc) is 2.38. The van der Waals surface area contributed by atoms with E-state index in [4.69, 9.17) is 21.5 Å². The van der Waals surface area contributed by atoms with Crippen molar-refractivity contribution in [3.63, 3.8) is 0 Å². The smallest absolute Gasteiger partial charge is 0.339 e. The molecule has 0 unspecified atom stereocenters. The maximum atomic E-state index is 12.2. The molecule has 0 radical (unpaired) electrons. The summed E-state index contributed by atoms with van der Waals surface area (Å²) in [7, 11) is -4.10. The van der Waals surface area contributed by atoms with Crippen LogP contribution in [0.25, 0.3) is 0 Å². The van der Waals surface area contributed by atoms with E-state index in [0.717, 1.165) is 5.56 Å². The Morgan fingerprint density at radius 2 is 1.90 bits per heavy atom. The van der Waals surface area contributed by atoms with E-state index in [1.807, 2.05) is 0 Å². The van der Waals surface area contributed by atoms with Crippen molar-refractivity contribution in [2.24, 2.45) is 5.73 Å². The number of carbonyl (C=O) groups excluding carboxylic acids is 1. The number of halogens is 1. The summed E-state index contributed by atoms with van der Waals surface area (Å²) < 4.78 is 29.4. The molecule has 0 saturated heterocycles. The molecule has 0 spiro atoms. The van der Waals surface area contributed by atoms with Gasteiger partial charge >= 0.3 is 10.1 Å². The van der Waals surface area contributed by atoms with E-state index in [2.05, 4.69) is 0 Å². The fourth-order valence-electron chi connectivity index (χ4n) is 1.69. The van der Waals surface area contributed by atoms with Gasteiger partial charge in [0.15, 0.2) is 5.75 Å². The summed E-state index contributed by atoms with van der Waals surface area (Å²) >= 11 is 5.77. The van der Waals surface area contributed by atoms with Gasteiger partial charge in [-0.3, -0.25) is 4.79 Å². The van der Waals surface area contributed by atoms with E-state index in [1.54, 1.807) is 19.1 Å². The second-order valence-electron chi connectivity index (χ2n) is 4.36. The normalized spacial score (nSPS) is 11.1. The highest BCUT2D eigenvalue weighted by atomic mass is 35.5. The van der Waals surface area contributed by atoms with E-state index in [-0.39, 0.29) is 21.2 Å². The van der Waals surface area contributed by atoms with Gasteiger partial charge in [-0.2, -0.15) is 8.42 Å². The number of carbonyl (C=O) groups is 1. The summed E-state index contributed by atoms with van der Waals surface area (Å²) in [5.41, 5.74) is 5.94. The Bertz CT molecular complexity index is 802. The molecule has 0 aliphatic heterocycles. The summed E-state index contributed by atoms with van der Waals surface area (Å²) in [5.74, 6) is -0.881. The Labute approximate surface area is 127 Å². The zero-order chi connectivity index (χ0) is 15.6. The first-order valence-corrected chi connectivity index (χ1v) is 7.69. The van der Waals surface area contributed by atoms with Gasteiger partial charge in [-0.05, 0) is 42.8 Å². The zero-order valence-electron chi connectivity index (χ0n) is 11.0. The Morgan fingerprint density at radius 3 is 2.52 bits per heavy atom. The molecule has 0 saturated carbocycles. The summed E-state index contributed by atoms with van der Waals surface area (Å²) in [6.07, 6.45) is 0. The minimum absolute atomic E-state index is 0.00815. The van der Waals surface area contributed by atoms with Crippen LogP contribution in [-0.4, -0.2) is 14.3 Å². The monoisotopic (exact) mass is 325 g/mol. The third-order valence-corrected chi connectivity index (χ3v) is 4.15. The molecule has 0 atom stereocenters. The fraction of sp³-hybridized carbons (Fsp3) is 0.0714. The number of primary amides is 1. The third kappa shape index (κ3) is 3.53. The van der Waals surface area contributed by atoms with E-state index in [1.165, 1.54) is 30.3 Å². The van der Waals surface area contributed by atoms with Gasteiger partial charge in [-0.1, -0.05) is 23.7 Å². The molecule has 0 aliphatic rings. The average molecular weight is 326 g/mol. The van der Waals surface area contributed by atoms with Gasteiger partial charge in [0.1, 0.15) is 4.90 Å². The summed E-state index contributed by atoms with van der Waals surface area (Å²) in [6.45, 7) is 1.74. The number of nitrogens with two attached hydrogens (primary N) is 1. The van der Waals surface area contributed by atoms with Crippen molar-refractivity contribution in [1.29, 1.82) is 0 Å². The van der Waals surface area contributed by atoms with Crippen LogP contribution in [0.1, 0.15) is 15.9 Å². The molecule has 21 heavy (non-hydrogen) atoms. The molecular formula is C14H12ClNO4S. The third-order valence-electron chi connectivity index (χ3n) is 2.69. The van der Waals surface area contributed by atoms with Crippen LogP contribution < -0.4 is 9.92 Å². The van der Waals surface area contributed by atoms with Crippen LogP contribution in [0.15, 0.2) is 47.4 Å². The highest BCUT2D eigenvalue weighted by Gasteiger charge is 2.20. The van der Waals surface area contributed by atoms with E-state index in [0.29, 0.717) is 0 Å². The molecule has 2 rings (SSSR count). The highest BCUT2D eigenvalue weighted by Crippen LogP contribution is 2.25. The zero-order valence-corrected chi connectivity index (χ0v) is 12.6. The van der Waals surface area contributed by atoms with Gasteiger partial charge in [0.05, 0.1) is 5.56 Å². The largest absolute Gasteiger partial charge is 0.378 e. The second kappa shape index (κ2) is 5.75. The molecule has 0 aliphatic carbocycles. The van der Waals surface area contributed by atoms with Crippen LogP contribution in [-0.2, 0) is 10.1 Å². The quantitative estimate of drug-likeness (QED) is 0.875. The SMILES string of the molecule is Cc1ccc(C(N)=O)c(OS(=O)(=O)c2cccc(Cl)c2)c1. The van der Waals surface area contributed by atoms with E-state index >= 15 is 0 Å². The molecule has 110 valence electrons. The van der Waals surface area contributed by atoms with Gasteiger partial charge in [0.2, 0.25) is 0 Å². The predicted octanol–water partition coefficient (Wildman–Crippen LogP) is 2.52. The van der Waals surface area contributed by atoms with Crippen LogP contribution in [0.4, 0.5) is 0 Å². The lowest BCUT2D eigenvalue weighted by Crippen LogP contribution is -2.16. The van der Waals surface area contributed by atoms with Crippen molar-refractivity contribution in [2.75, 3.05) is 0 Å². The van der Waals surface area contributed by atoms with Gasteiger partial charge < -0.3 is 9.92 Å². The molecule has 0 bridgehead atoms. The molecule has 7 heteroatoms. The van der Waals surface area contributed by atoms with Crippen molar-refractivity contribution in [2.45, 2.75) is 11.8 Å². The molecule has 0 heterocycles. The Hall–Kier alpha value is -2.05. The minimum Gasteiger partial charge on any atom is -0.378 e. The lowest BCUT2D eigenvalue weighted by molar-refractivity contribution is 0.0999. The van der Waals surface area contributed by atoms with Crippen LogP contribution in [0, 0.1) is 6.92 Å². The first-order valence-electron chi connectivity index (χ1n) is 5.90. The fourth-order valence-corrected chi connectivity index (χ4v) is 2.93. The molecule has 2 aromatic rings. The number of amides is 1. The summed E-state index contributed by atoms with van der Waals surface area (Å²) in [6, 6.07) is 10.1. The maximum absolute atomic E-state index is 12.2. The minimum atomic E-state index is -4.10. The number of rotatable bonds is 4. The summed E-state index contributed by atoms with van der Waals surface area (Å²) in [4.78, 5) is 11.2. The van der Waals surface area contributed by atoms with Crippen LogP contribution in [0.3, 0.4) is 0 Å². The first kappa shape index (κ1) is 15.3. The maximum Gasteiger partial charge on any atom is 0.339 e. The molecular weight excluding hydrogens is 314 g/mol. The van der Waals surface area contributed by atoms with Crippen LogP contribution >= 0.6 is 11.6 Å². The lowest BCUT2D eigenvalue weighted by Gasteiger charge is -2.10. The number of benzene rings is 2. The number of hydrogen-bond donors (Lipinski definition) is 1. The molecule has 0 aromatic heterocycles. The van der Waals surface area contributed by atoms with E-state index in [9.17, 15) is 13.2 Å². The van der Waals surface area contributed by atoms with Crippen molar-refractivity contribution in [3.8, 4) is 5.75 Å². The topological polar surface area (TPSA) is 86.5 Å². The van der Waals surface area contributed by atoms with Crippen molar-refractivity contribution in [1.82, 2.24) is 0 Å². The molecule has 2 aromatic carbocycles. The van der Waals surface area contributed by atoms with Crippen LogP contribution in [0.5, 0.6) is 5.75 Å². The van der Waals surface area contributed by atoms with Crippen molar-refractivity contribution < 1.29 is 17.4 Å². The van der Waals surface area contributed by atoms with Crippen molar-refractivity contribution in [3.05, 3.63) is 58.6 Å². The Balaban J connectivity index is 2.46. The van der Waals surface area contributed by atoms with Gasteiger partial charge in [-0.25, -0.2) is 0 Å². The second-order valence-corrected chi connectivity index (χ2v) is 6.34. The lowest BCUT2D eigenvalue weighted by atomic mass is 10.1. The molecule has 2 N–H and O–H groups in total. The van der Waals surface area contributed by atoms with Crippen LogP contribution in [0.2, 0.25) is 5.02 Å². The van der Waals surface area contributed by atoms with Crippen molar-refractivity contribution >= 4 is 27.6 Å². The van der Waals surface area contributed by atoms with Gasteiger partial charge in [0, 0.05) is 5.02 Å². The summed E-state index contributed by atoms with van der Waals surface area (Å²) in [5, 5.41) is 0.263. The standard InChI is InChI=1S/C14H12ClNO4S/c1-9-5-6-12(14(16)17)13(7-9)20-21(18,19)11-4-2-3-10(15)8-11/h2-8H,1H3,(H2,16,17). The molecule has 1 amide bonds. The molecule has 0 fully saturated rings. The predicted molar refractivity (Wildman–Crippen MR) is 79.0 cm³/mol. The first-order chi connectivity index (χ1) is 9.79.